The second-order valence-electron chi connectivity index (χ2n) is 5.74. The molecule has 2 aromatic heterocycles. The van der Waals surface area contributed by atoms with E-state index in [1.54, 1.807) is 18.3 Å². The van der Waals surface area contributed by atoms with Crippen molar-refractivity contribution >= 4 is 35.8 Å². The molecular weight excluding hydrogens is 408 g/mol. The molecule has 0 aliphatic heterocycles. The van der Waals surface area contributed by atoms with Gasteiger partial charge in [-0.1, -0.05) is 11.6 Å². The summed E-state index contributed by atoms with van der Waals surface area (Å²) in [7, 11) is 0. The first-order chi connectivity index (χ1) is 12.7. The van der Waals surface area contributed by atoms with E-state index in [9.17, 15) is 22.4 Å². The van der Waals surface area contributed by atoms with Gasteiger partial charge in [0.25, 0.3) is 0 Å². The van der Waals surface area contributed by atoms with E-state index in [1.165, 1.54) is 17.1 Å². The van der Waals surface area contributed by atoms with Crippen LogP contribution in [-0.4, -0.2) is 45.3 Å². The van der Waals surface area contributed by atoms with Crippen LogP contribution in [0.4, 0.5) is 23.2 Å². The predicted molar refractivity (Wildman–Crippen MR) is 97.4 cm³/mol. The number of aromatic nitrogens is 3. The molecule has 1 atom stereocenters. The summed E-state index contributed by atoms with van der Waals surface area (Å²) in [5.74, 6) is -0.581. The Bertz CT molecular complexity index is 757. The molecule has 5 nitrogen and oxygen atoms in total. The molecule has 0 bridgehead atoms. The molecule has 0 spiro atoms. The van der Waals surface area contributed by atoms with Gasteiger partial charge in [0.05, 0.1) is 18.1 Å². The number of rotatable bonds is 8. The highest BCUT2D eigenvalue weighted by atomic mass is 35.5. The number of hydrogen-bond donors (Lipinski definition) is 1. The fraction of sp³-hybridized carbons (Fsp3) is 0.438. The third-order valence-corrected chi connectivity index (χ3v) is 4.17. The zero-order chi connectivity index (χ0) is 20.0. The number of amides is 1. The van der Waals surface area contributed by atoms with Gasteiger partial charge in [0.2, 0.25) is 5.91 Å². The summed E-state index contributed by atoms with van der Waals surface area (Å²) in [5.41, 5.74) is 0.705. The van der Waals surface area contributed by atoms with Crippen LogP contribution in [0.1, 0.15) is 19.3 Å². The molecule has 1 unspecified atom stereocenters. The molecule has 2 heterocycles. The van der Waals surface area contributed by atoms with E-state index in [4.69, 9.17) is 11.6 Å². The van der Waals surface area contributed by atoms with Crippen molar-refractivity contribution in [1.82, 2.24) is 14.8 Å². The van der Waals surface area contributed by atoms with Crippen molar-refractivity contribution in [3.8, 4) is 5.69 Å². The van der Waals surface area contributed by atoms with Gasteiger partial charge in [-0.15, -0.1) is 0 Å². The normalized spacial score (nSPS) is 12.8. The van der Waals surface area contributed by atoms with Crippen LogP contribution in [0.5, 0.6) is 0 Å². The van der Waals surface area contributed by atoms with Crippen LogP contribution in [0.3, 0.4) is 0 Å². The lowest BCUT2D eigenvalue weighted by atomic mass is 10.2. The Morgan fingerprint density at radius 1 is 1.41 bits per heavy atom. The van der Waals surface area contributed by atoms with Gasteiger partial charge in [-0.2, -0.15) is 30.9 Å². The summed E-state index contributed by atoms with van der Waals surface area (Å²) >= 11 is 10.0. The van der Waals surface area contributed by atoms with Gasteiger partial charge in [0, 0.05) is 30.8 Å². The number of nitrogens with zero attached hydrogens (tertiary/aromatic N) is 4. The third kappa shape index (κ3) is 6.39. The minimum absolute atomic E-state index is 0.0600. The smallest absolute Gasteiger partial charge is 0.308 e. The Morgan fingerprint density at radius 2 is 2.15 bits per heavy atom. The highest BCUT2D eigenvalue weighted by Gasteiger charge is 2.29. The van der Waals surface area contributed by atoms with Crippen LogP contribution < -0.4 is 4.90 Å². The van der Waals surface area contributed by atoms with E-state index in [1.807, 2.05) is 0 Å². The number of hydrogen-bond acceptors (Lipinski definition) is 4. The Labute approximate surface area is 163 Å². The Morgan fingerprint density at radius 3 is 2.74 bits per heavy atom. The van der Waals surface area contributed by atoms with Gasteiger partial charge in [-0.05, 0) is 18.6 Å². The quantitative estimate of drug-likeness (QED) is 0.509. The fourth-order valence-electron chi connectivity index (χ4n) is 2.33. The van der Waals surface area contributed by atoms with Gasteiger partial charge in [-0.3, -0.25) is 9.78 Å². The summed E-state index contributed by atoms with van der Waals surface area (Å²) < 4.78 is 51.4. The van der Waals surface area contributed by atoms with Crippen LogP contribution in [-0.2, 0) is 4.79 Å². The van der Waals surface area contributed by atoms with Crippen LogP contribution in [0, 0.1) is 0 Å². The van der Waals surface area contributed by atoms with Crippen molar-refractivity contribution < 1.29 is 22.4 Å². The number of anilines is 1. The monoisotopic (exact) mass is 424 g/mol. The van der Waals surface area contributed by atoms with Crippen molar-refractivity contribution in [3.05, 3.63) is 35.9 Å². The van der Waals surface area contributed by atoms with E-state index in [2.05, 4.69) is 22.7 Å². The van der Waals surface area contributed by atoms with Gasteiger partial charge in [-0.25, -0.2) is 9.07 Å². The Balaban J connectivity index is 2.26. The predicted octanol–water partition coefficient (Wildman–Crippen LogP) is 4.25. The molecule has 2 aromatic rings. The minimum atomic E-state index is -4.34. The largest absolute Gasteiger partial charge is 0.389 e. The highest BCUT2D eigenvalue weighted by Crippen LogP contribution is 2.29. The maximum absolute atomic E-state index is 12.7. The number of halogens is 5. The van der Waals surface area contributed by atoms with Crippen LogP contribution in [0.2, 0.25) is 5.15 Å². The molecule has 0 radical (unpaired) electrons. The molecule has 0 N–H and O–H groups in total. The molecule has 148 valence electrons. The Hall–Kier alpha value is -1.81. The maximum atomic E-state index is 12.7. The molecule has 0 aliphatic carbocycles. The lowest BCUT2D eigenvalue weighted by molar-refractivity contribution is -0.135. The van der Waals surface area contributed by atoms with Crippen molar-refractivity contribution in [2.24, 2.45) is 0 Å². The van der Waals surface area contributed by atoms with Gasteiger partial charge < -0.3 is 4.90 Å². The summed E-state index contributed by atoms with van der Waals surface area (Å²) in [6, 6.07) is 3.37. The van der Waals surface area contributed by atoms with Crippen molar-refractivity contribution in [1.29, 1.82) is 0 Å². The van der Waals surface area contributed by atoms with Crippen molar-refractivity contribution in [3.63, 3.8) is 0 Å². The molecule has 0 saturated heterocycles. The lowest BCUT2D eigenvalue weighted by Crippen LogP contribution is -2.34. The first-order valence-corrected chi connectivity index (χ1v) is 8.87. The highest BCUT2D eigenvalue weighted by molar-refractivity contribution is 7.81. The number of alkyl halides is 4. The molecular formula is C16H17ClF4N4OS. The third-order valence-electron chi connectivity index (χ3n) is 3.58. The first kappa shape index (κ1) is 21.5. The number of thiol groups is 1. The summed E-state index contributed by atoms with van der Waals surface area (Å²) in [5, 5.41) is 3.16. The average molecular weight is 425 g/mol. The lowest BCUT2D eigenvalue weighted by Gasteiger charge is -2.23. The van der Waals surface area contributed by atoms with Gasteiger partial charge in [0.15, 0.2) is 5.15 Å². The first-order valence-electron chi connectivity index (χ1n) is 7.98. The molecule has 11 heteroatoms. The van der Waals surface area contributed by atoms with Crippen LogP contribution in [0.25, 0.3) is 5.69 Å². The van der Waals surface area contributed by atoms with E-state index >= 15 is 0 Å². The van der Waals surface area contributed by atoms with Crippen molar-refractivity contribution in [2.45, 2.75) is 30.7 Å². The number of carbonyl (C=O) groups excluding carboxylic acids is 1. The summed E-state index contributed by atoms with van der Waals surface area (Å²) in [4.78, 5) is 17.5. The molecule has 0 aliphatic rings. The molecule has 0 fully saturated rings. The standard InChI is InChI=1S/C16H17ClF4N4OS/c17-15-13(10-25(23-15)11-3-1-5-22-9-11)24(6-2-4-16(19,20)21)14(26)7-12(27)8-18/h1,3,5,9-10,12,27H,2,4,6-8H2. The maximum Gasteiger partial charge on any atom is 0.389 e. The second kappa shape index (κ2) is 9.41. The SMILES string of the molecule is O=C(CC(S)CF)N(CCCC(F)(F)F)c1cn(-c2cccnc2)nc1Cl. The zero-order valence-corrected chi connectivity index (χ0v) is 15.7. The van der Waals surface area contributed by atoms with Crippen LogP contribution >= 0.6 is 24.2 Å². The summed E-state index contributed by atoms with van der Waals surface area (Å²) in [6.07, 6.45) is -1.51. The van der Waals surface area contributed by atoms with Gasteiger partial charge >= 0.3 is 6.18 Å². The van der Waals surface area contributed by atoms with E-state index in [-0.39, 0.29) is 30.2 Å². The molecule has 1 amide bonds. The topological polar surface area (TPSA) is 51.0 Å². The average Bonchev–Trinajstić information content (AvgIpc) is 3.00. The summed E-state index contributed by atoms with van der Waals surface area (Å²) in [6.45, 7) is -1.07. The Kier molecular flexibility index (Phi) is 7.49. The molecule has 0 aromatic carbocycles. The van der Waals surface area contributed by atoms with Crippen LogP contribution in [0.15, 0.2) is 30.7 Å². The van der Waals surface area contributed by atoms with E-state index < -0.39 is 30.4 Å². The zero-order valence-electron chi connectivity index (χ0n) is 14.0. The number of carbonyl (C=O) groups is 1. The molecule has 2 rings (SSSR count). The molecule has 27 heavy (non-hydrogen) atoms. The fourth-order valence-corrected chi connectivity index (χ4v) is 2.72. The minimum Gasteiger partial charge on any atom is -0.308 e. The second-order valence-corrected chi connectivity index (χ2v) is 6.83. The van der Waals surface area contributed by atoms with Crippen molar-refractivity contribution in [2.75, 3.05) is 18.1 Å². The molecule has 0 saturated carbocycles. The number of pyridine rings is 1. The van der Waals surface area contributed by atoms with E-state index in [0.717, 1.165) is 4.90 Å². The van der Waals surface area contributed by atoms with Gasteiger partial charge in [0.1, 0.15) is 12.4 Å². The van der Waals surface area contributed by atoms with E-state index in [0.29, 0.717) is 5.69 Å².